The number of nitriles is 1. The Labute approximate surface area is 148 Å². The maximum atomic E-state index is 11.4. The van der Waals surface area contributed by atoms with E-state index in [0.29, 0.717) is 10.5 Å². The summed E-state index contributed by atoms with van der Waals surface area (Å²) in [5.74, 6) is 0. The van der Waals surface area contributed by atoms with Crippen molar-refractivity contribution < 1.29 is 4.92 Å². The first-order valence-corrected chi connectivity index (χ1v) is 8.07. The Balaban J connectivity index is 2.40. The van der Waals surface area contributed by atoms with Gasteiger partial charge in [0.25, 0.3) is 5.69 Å². The van der Waals surface area contributed by atoms with Gasteiger partial charge in [-0.1, -0.05) is 47.7 Å². The highest BCUT2D eigenvalue weighted by molar-refractivity contribution is 7.99. The Morgan fingerprint density at radius 2 is 2.00 bits per heavy atom. The summed E-state index contributed by atoms with van der Waals surface area (Å²) in [6.45, 7) is 1.98. The highest BCUT2D eigenvalue weighted by Gasteiger charge is 2.16. The summed E-state index contributed by atoms with van der Waals surface area (Å²) in [6.07, 6.45) is 1.44. The predicted octanol–water partition coefficient (Wildman–Crippen LogP) is 4.25. The molecule has 0 heterocycles. The SMILES string of the molecule is Cc1ccc(Sc2ccc(/C=C(/C#N)C(N)=S)cc2[N+](=O)[O-])cc1. The van der Waals surface area contributed by atoms with Crippen molar-refractivity contribution in [2.45, 2.75) is 16.7 Å². The van der Waals surface area contributed by atoms with Crippen LogP contribution in [0.15, 0.2) is 57.8 Å². The molecule has 2 N–H and O–H groups in total. The lowest BCUT2D eigenvalue weighted by atomic mass is 10.1. The van der Waals surface area contributed by atoms with Gasteiger partial charge in [-0.3, -0.25) is 10.1 Å². The molecule has 0 radical (unpaired) electrons. The van der Waals surface area contributed by atoms with Gasteiger partial charge in [-0.15, -0.1) is 0 Å². The maximum absolute atomic E-state index is 11.4. The van der Waals surface area contributed by atoms with Crippen molar-refractivity contribution in [1.29, 1.82) is 5.26 Å². The molecular formula is C17H13N3O2S2. The van der Waals surface area contributed by atoms with E-state index < -0.39 is 4.92 Å². The van der Waals surface area contributed by atoms with E-state index in [2.05, 4.69) is 0 Å². The summed E-state index contributed by atoms with van der Waals surface area (Å²) in [5, 5.41) is 20.3. The van der Waals surface area contributed by atoms with Gasteiger partial charge in [0.05, 0.1) is 15.4 Å². The zero-order valence-electron chi connectivity index (χ0n) is 12.7. The molecule has 2 aromatic carbocycles. The van der Waals surface area contributed by atoms with Crippen molar-refractivity contribution in [3.63, 3.8) is 0 Å². The average Bonchev–Trinajstić information content (AvgIpc) is 2.55. The van der Waals surface area contributed by atoms with Crippen molar-refractivity contribution in [2.75, 3.05) is 0 Å². The van der Waals surface area contributed by atoms with E-state index in [1.54, 1.807) is 12.1 Å². The molecule has 0 fully saturated rings. The van der Waals surface area contributed by atoms with Gasteiger partial charge in [-0.2, -0.15) is 5.26 Å². The Morgan fingerprint density at radius 1 is 1.33 bits per heavy atom. The smallest absolute Gasteiger partial charge is 0.283 e. The van der Waals surface area contributed by atoms with Crippen molar-refractivity contribution in [3.05, 3.63) is 69.3 Å². The minimum absolute atomic E-state index is 0.0328. The van der Waals surface area contributed by atoms with E-state index in [-0.39, 0.29) is 16.2 Å². The molecule has 0 aliphatic rings. The molecule has 0 unspecified atom stereocenters. The topological polar surface area (TPSA) is 93.0 Å². The molecule has 2 rings (SSSR count). The van der Waals surface area contributed by atoms with Crippen LogP contribution in [0.25, 0.3) is 6.08 Å². The monoisotopic (exact) mass is 355 g/mol. The summed E-state index contributed by atoms with van der Waals surface area (Å²) in [7, 11) is 0. The lowest BCUT2D eigenvalue weighted by molar-refractivity contribution is -0.387. The second-order valence-corrected chi connectivity index (χ2v) is 6.49. The number of rotatable bonds is 5. The molecule has 0 aliphatic carbocycles. The molecule has 0 aliphatic heterocycles. The summed E-state index contributed by atoms with van der Waals surface area (Å²) in [6, 6.07) is 14.4. The number of benzene rings is 2. The third kappa shape index (κ3) is 4.41. The zero-order chi connectivity index (χ0) is 17.7. The van der Waals surface area contributed by atoms with Crippen LogP contribution in [0.4, 0.5) is 5.69 Å². The van der Waals surface area contributed by atoms with Gasteiger partial charge >= 0.3 is 0 Å². The first kappa shape index (κ1) is 17.7. The van der Waals surface area contributed by atoms with Gasteiger partial charge in [0.1, 0.15) is 11.1 Å². The van der Waals surface area contributed by atoms with Crippen LogP contribution in [0.2, 0.25) is 0 Å². The highest BCUT2D eigenvalue weighted by atomic mass is 32.2. The number of hydrogen-bond acceptors (Lipinski definition) is 5. The fourth-order valence-corrected chi connectivity index (χ4v) is 2.92. The Morgan fingerprint density at radius 3 is 2.54 bits per heavy atom. The second-order valence-electron chi connectivity index (χ2n) is 4.93. The first-order chi connectivity index (χ1) is 11.4. The minimum atomic E-state index is -0.444. The van der Waals surface area contributed by atoms with E-state index in [1.165, 1.54) is 23.9 Å². The molecule has 5 nitrogen and oxygen atoms in total. The van der Waals surface area contributed by atoms with Crippen LogP contribution in [0.1, 0.15) is 11.1 Å². The largest absolute Gasteiger partial charge is 0.389 e. The van der Waals surface area contributed by atoms with Gasteiger partial charge in [-0.05, 0) is 36.8 Å². The summed E-state index contributed by atoms with van der Waals surface area (Å²) in [4.78, 5) is 12.3. The van der Waals surface area contributed by atoms with Gasteiger partial charge in [0.15, 0.2) is 0 Å². The lowest BCUT2D eigenvalue weighted by Gasteiger charge is -2.05. The molecule has 24 heavy (non-hydrogen) atoms. The molecule has 0 amide bonds. The number of aryl methyl sites for hydroxylation is 1. The van der Waals surface area contributed by atoms with E-state index in [4.69, 9.17) is 23.2 Å². The van der Waals surface area contributed by atoms with Crippen molar-refractivity contribution in [1.82, 2.24) is 0 Å². The van der Waals surface area contributed by atoms with E-state index in [1.807, 2.05) is 37.3 Å². The molecular weight excluding hydrogens is 342 g/mol. The molecule has 0 bridgehead atoms. The number of thiocarbonyl (C=S) groups is 1. The van der Waals surface area contributed by atoms with Crippen LogP contribution in [0.5, 0.6) is 0 Å². The van der Waals surface area contributed by atoms with Gasteiger partial charge < -0.3 is 5.73 Å². The minimum Gasteiger partial charge on any atom is -0.389 e. The highest BCUT2D eigenvalue weighted by Crippen LogP contribution is 2.35. The van der Waals surface area contributed by atoms with Gasteiger partial charge in [0.2, 0.25) is 0 Å². The van der Waals surface area contributed by atoms with E-state index in [0.717, 1.165) is 10.5 Å². The number of nitrogens with two attached hydrogens (primary N) is 1. The van der Waals surface area contributed by atoms with E-state index >= 15 is 0 Å². The van der Waals surface area contributed by atoms with Crippen LogP contribution in [-0.2, 0) is 0 Å². The number of nitro benzene ring substituents is 1. The number of hydrogen-bond donors (Lipinski definition) is 1. The summed E-state index contributed by atoms with van der Waals surface area (Å²) in [5.41, 5.74) is 7.14. The third-order valence-corrected chi connectivity index (χ3v) is 4.42. The quantitative estimate of drug-likeness (QED) is 0.283. The van der Waals surface area contributed by atoms with Crippen LogP contribution >= 0.6 is 24.0 Å². The fraction of sp³-hybridized carbons (Fsp3) is 0.0588. The fourth-order valence-electron chi connectivity index (χ4n) is 1.91. The molecule has 7 heteroatoms. The predicted molar refractivity (Wildman–Crippen MR) is 98.8 cm³/mol. The summed E-state index contributed by atoms with van der Waals surface area (Å²) < 4.78 is 0. The van der Waals surface area contributed by atoms with Gasteiger partial charge in [-0.25, -0.2) is 0 Å². The van der Waals surface area contributed by atoms with Crippen LogP contribution in [0.3, 0.4) is 0 Å². The Hall–Kier alpha value is -2.69. The van der Waals surface area contributed by atoms with Gasteiger partial charge in [0, 0.05) is 11.0 Å². The van der Waals surface area contributed by atoms with E-state index in [9.17, 15) is 10.1 Å². The molecule has 120 valence electrons. The van der Waals surface area contributed by atoms with Crippen LogP contribution in [0, 0.1) is 28.4 Å². The van der Waals surface area contributed by atoms with Crippen LogP contribution in [-0.4, -0.2) is 9.91 Å². The zero-order valence-corrected chi connectivity index (χ0v) is 14.4. The molecule has 0 saturated carbocycles. The normalized spacial score (nSPS) is 10.9. The standard InChI is InChI=1S/C17H13N3O2S2/c1-11-2-5-14(6-3-11)24-16-7-4-12(9-15(16)20(21)22)8-13(10-18)17(19)23/h2-9H,1H3,(H2,19,23)/b13-8-. The van der Waals surface area contributed by atoms with Crippen molar-refractivity contribution in [2.24, 2.45) is 5.73 Å². The molecule has 0 atom stereocenters. The Bertz CT molecular complexity index is 868. The summed E-state index contributed by atoms with van der Waals surface area (Å²) >= 11 is 6.08. The van der Waals surface area contributed by atoms with Crippen molar-refractivity contribution >= 4 is 40.7 Å². The second kappa shape index (κ2) is 7.73. The average molecular weight is 355 g/mol. The Kier molecular flexibility index (Phi) is 5.68. The van der Waals surface area contributed by atoms with Crippen molar-refractivity contribution in [3.8, 4) is 6.07 Å². The molecule has 0 spiro atoms. The number of nitro groups is 1. The molecule has 0 aromatic heterocycles. The third-order valence-electron chi connectivity index (χ3n) is 3.13. The van der Waals surface area contributed by atoms with Crippen LogP contribution < -0.4 is 5.73 Å². The number of nitrogens with zero attached hydrogens (tertiary/aromatic N) is 2. The molecule has 0 saturated heterocycles. The first-order valence-electron chi connectivity index (χ1n) is 6.85. The molecule has 2 aromatic rings. The maximum Gasteiger partial charge on any atom is 0.283 e. The lowest BCUT2D eigenvalue weighted by Crippen LogP contribution is -2.09.